The molecule has 0 saturated heterocycles. The van der Waals surface area contributed by atoms with E-state index in [4.69, 9.17) is 0 Å². The predicted octanol–water partition coefficient (Wildman–Crippen LogP) is 2.46. The van der Waals surface area contributed by atoms with Crippen molar-refractivity contribution in [3.05, 3.63) is 27.1 Å². The lowest BCUT2D eigenvalue weighted by atomic mass is 9.92. The van der Waals surface area contributed by atoms with Crippen LogP contribution in [0, 0.1) is 5.92 Å². The van der Waals surface area contributed by atoms with E-state index in [1.807, 2.05) is 14.1 Å². The van der Waals surface area contributed by atoms with Gasteiger partial charge in [-0.05, 0) is 51.9 Å². The molecule has 0 N–H and O–H groups in total. The molecule has 0 saturated carbocycles. The third-order valence-corrected chi connectivity index (χ3v) is 6.24. The molecule has 3 rings (SSSR count). The SMILES string of the molecule is CC(C)CN(C)C1CCc2c(sc3ncn(CCN(C)C)c(=O)c23)C1. The third kappa shape index (κ3) is 3.96. The van der Waals surface area contributed by atoms with Crippen LogP contribution in [0.4, 0.5) is 0 Å². The van der Waals surface area contributed by atoms with Crippen molar-refractivity contribution in [2.24, 2.45) is 5.92 Å². The van der Waals surface area contributed by atoms with Gasteiger partial charge < -0.3 is 9.80 Å². The Bertz CT molecular complexity index is 793. The van der Waals surface area contributed by atoms with Gasteiger partial charge in [-0.1, -0.05) is 13.8 Å². The molecule has 138 valence electrons. The lowest BCUT2D eigenvalue weighted by Crippen LogP contribution is -2.38. The number of hydrogen-bond donors (Lipinski definition) is 0. The molecule has 0 fully saturated rings. The van der Waals surface area contributed by atoms with E-state index in [0.29, 0.717) is 18.5 Å². The molecule has 5 nitrogen and oxygen atoms in total. The second-order valence-electron chi connectivity index (χ2n) is 7.96. The van der Waals surface area contributed by atoms with E-state index in [9.17, 15) is 4.79 Å². The Balaban J connectivity index is 1.88. The highest BCUT2D eigenvalue weighted by Crippen LogP contribution is 2.34. The zero-order chi connectivity index (χ0) is 18.1. The smallest absolute Gasteiger partial charge is 0.262 e. The standard InChI is InChI=1S/C19H30N4OS/c1-13(2)11-22(5)14-6-7-15-16(10-14)25-18-17(15)19(24)23(12-20-18)9-8-21(3)4/h12-14H,6-11H2,1-5H3. The van der Waals surface area contributed by atoms with Gasteiger partial charge in [0.15, 0.2) is 0 Å². The molecular weight excluding hydrogens is 332 g/mol. The molecule has 0 amide bonds. The molecule has 1 aliphatic rings. The zero-order valence-electron chi connectivity index (χ0n) is 16.1. The number of thiophene rings is 1. The van der Waals surface area contributed by atoms with Gasteiger partial charge in [0, 0.05) is 30.6 Å². The highest BCUT2D eigenvalue weighted by molar-refractivity contribution is 7.18. The first-order valence-corrected chi connectivity index (χ1v) is 10.0. The fourth-order valence-corrected chi connectivity index (χ4v) is 5.00. The highest BCUT2D eigenvalue weighted by atomic mass is 32.1. The van der Waals surface area contributed by atoms with E-state index < -0.39 is 0 Å². The van der Waals surface area contributed by atoms with Crippen molar-refractivity contribution in [2.45, 2.75) is 45.7 Å². The molecule has 1 atom stereocenters. The van der Waals surface area contributed by atoms with Gasteiger partial charge in [-0.3, -0.25) is 9.36 Å². The number of nitrogens with zero attached hydrogens (tertiary/aromatic N) is 4. The molecule has 1 unspecified atom stereocenters. The fourth-order valence-electron chi connectivity index (χ4n) is 3.75. The van der Waals surface area contributed by atoms with E-state index in [-0.39, 0.29) is 5.56 Å². The van der Waals surface area contributed by atoms with Crippen LogP contribution in [0.25, 0.3) is 10.2 Å². The zero-order valence-corrected chi connectivity index (χ0v) is 16.9. The Morgan fingerprint density at radius 3 is 2.80 bits per heavy atom. The first-order valence-electron chi connectivity index (χ1n) is 9.21. The normalized spacial score (nSPS) is 17.8. The summed E-state index contributed by atoms with van der Waals surface area (Å²) in [6, 6.07) is 0.582. The molecular formula is C19H30N4OS. The van der Waals surface area contributed by atoms with Crippen LogP contribution in [0.2, 0.25) is 0 Å². The predicted molar refractivity (Wildman–Crippen MR) is 106 cm³/mol. The minimum atomic E-state index is 0.137. The fraction of sp³-hybridized carbons (Fsp3) is 0.684. The minimum absolute atomic E-state index is 0.137. The average Bonchev–Trinajstić information content (AvgIpc) is 2.91. The van der Waals surface area contributed by atoms with Crippen molar-refractivity contribution < 1.29 is 0 Å². The molecule has 2 aromatic heterocycles. The number of aryl methyl sites for hydroxylation is 1. The van der Waals surface area contributed by atoms with Crippen LogP contribution in [0.15, 0.2) is 11.1 Å². The van der Waals surface area contributed by atoms with E-state index >= 15 is 0 Å². The molecule has 2 heterocycles. The summed E-state index contributed by atoms with van der Waals surface area (Å²) >= 11 is 1.73. The number of aromatic nitrogens is 2. The third-order valence-electron chi connectivity index (χ3n) is 5.07. The van der Waals surface area contributed by atoms with E-state index in [1.54, 1.807) is 22.2 Å². The summed E-state index contributed by atoms with van der Waals surface area (Å²) in [4.78, 5) is 24.4. The summed E-state index contributed by atoms with van der Waals surface area (Å²) in [7, 11) is 6.28. The first kappa shape index (κ1) is 18.5. The Hall–Kier alpha value is -1.24. The van der Waals surface area contributed by atoms with Crippen LogP contribution in [0.3, 0.4) is 0 Å². The van der Waals surface area contributed by atoms with Crippen molar-refractivity contribution in [1.29, 1.82) is 0 Å². The van der Waals surface area contributed by atoms with Crippen LogP contribution >= 0.6 is 11.3 Å². The van der Waals surface area contributed by atoms with Gasteiger partial charge in [-0.2, -0.15) is 0 Å². The number of fused-ring (bicyclic) bond motifs is 3. The van der Waals surface area contributed by atoms with Gasteiger partial charge >= 0.3 is 0 Å². The topological polar surface area (TPSA) is 41.4 Å². The molecule has 6 heteroatoms. The number of rotatable bonds is 6. The maximum atomic E-state index is 12.9. The van der Waals surface area contributed by atoms with Crippen LogP contribution in [0.5, 0.6) is 0 Å². The molecule has 1 aliphatic carbocycles. The molecule has 0 aromatic carbocycles. The highest BCUT2D eigenvalue weighted by Gasteiger charge is 2.27. The van der Waals surface area contributed by atoms with E-state index in [0.717, 1.165) is 42.6 Å². The Morgan fingerprint density at radius 2 is 2.12 bits per heavy atom. The quantitative estimate of drug-likeness (QED) is 0.792. The molecule has 0 bridgehead atoms. The van der Waals surface area contributed by atoms with Crippen molar-refractivity contribution in [3.63, 3.8) is 0 Å². The van der Waals surface area contributed by atoms with Gasteiger partial charge in [0.25, 0.3) is 5.56 Å². The van der Waals surface area contributed by atoms with Gasteiger partial charge in [-0.25, -0.2) is 4.98 Å². The second kappa shape index (κ2) is 7.56. The van der Waals surface area contributed by atoms with Crippen LogP contribution < -0.4 is 5.56 Å². The van der Waals surface area contributed by atoms with Gasteiger partial charge in [0.2, 0.25) is 0 Å². The largest absolute Gasteiger partial charge is 0.308 e. The van der Waals surface area contributed by atoms with Gasteiger partial charge in [0.1, 0.15) is 4.83 Å². The second-order valence-corrected chi connectivity index (χ2v) is 9.04. The summed E-state index contributed by atoms with van der Waals surface area (Å²) in [5, 5.41) is 0.881. The summed E-state index contributed by atoms with van der Waals surface area (Å²) in [6.45, 7) is 7.20. The minimum Gasteiger partial charge on any atom is -0.308 e. The first-order chi connectivity index (χ1) is 11.9. The Kier molecular flexibility index (Phi) is 5.61. The van der Waals surface area contributed by atoms with E-state index in [2.05, 4.69) is 35.7 Å². The monoisotopic (exact) mass is 362 g/mol. The Labute approximate surface area is 154 Å². The maximum Gasteiger partial charge on any atom is 0.262 e. The maximum absolute atomic E-state index is 12.9. The molecule has 0 spiro atoms. The summed E-state index contributed by atoms with van der Waals surface area (Å²) in [5.41, 5.74) is 1.41. The van der Waals surface area contributed by atoms with Crippen molar-refractivity contribution in [1.82, 2.24) is 19.4 Å². The van der Waals surface area contributed by atoms with Crippen molar-refractivity contribution in [2.75, 3.05) is 34.2 Å². The molecule has 0 aliphatic heterocycles. The summed E-state index contributed by atoms with van der Waals surface area (Å²) in [5.74, 6) is 0.680. The summed E-state index contributed by atoms with van der Waals surface area (Å²) in [6.07, 6.45) is 4.90. The van der Waals surface area contributed by atoms with E-state index in [1.165, 1.54) is 10.4 Å². The van der Waals surface area contributed by atoms with Crippen molar-refractivity contribution >= 4 is 21.6 Å². The van der Waals surface area contributed by atoms with Crippen LogP contribution in [-0.4, -0.2) is 59.6 Å². The number of hydrogen-bond acceptors (Lipinski definition) is 5. The molecule has 0 radical (unpaired) electrons. The van der Waals surface area contributed by atoms with Gasteiger partial charge in [0.05, 0.1) is 11.7 Å². The number of likely N-dealkylation sites (N-methyl/N-ethyl adjacent to an activating group) is 2. The van der Waals surface area contributed by atoms with Crippen LogP contribution in [0.1, 0.15) is 30.7 Å². The lowest BCUT2D eigenvalue weighted by molar-refractivity contribution is 0.201. The molecule has 25 heavy (non-hydrogen) atoms. The Morgan fingerprint density at radius 1 is 1.36 bits per heavy atom. The van der Waals surface area contributed by atoms with Crippen molar-refractivity contribution in [3.8, 4) is 0 Å². The average molecular weight is 363 g/mol. The van der Waals surface area contributed by atoms with Gasteiger partial charge in [-0.15, -0.1) is 11.3 Å². The lowest BCUT2D eigenvalue weighted by Gasteiger charge is -2.32. The summed E-state index contributed by atoms with van der Waals surface area (Å²) < 4.78 is 1.77. The molecule has 2 aromatic rings. The van der Waals surface area contributed by atoms with Crippen LogP contribution in [-0.2, 0) is 19.4 Å².